The van der Waals surface area contributed by atoms with Crippen LogP contribution in [0.5, 0.6) is 0 Å². The zero-order chi connectivity index (χ0) is 24.7. The summed E-state index contributed by atoms with van der Waals surface area (Å²) < 4.78 is 18.2. The van der Waals surface area contributed by atoms with Gasteiger partial charge in [-0.25, -0.2) is 0 Å². The third-order valence-electron chi connectivity index (χ3n) is 7.51. The molecule has 3 rings (SSSR count). The highest BCUT2D eigenvalue weighted by Gasteiger charge is 2.51. The maximum atomic E-state index is 12.5. The fraction of sp³-hybridized carbons (Fsp3) is 0.586. The van der Waals surface area contributed by atoms with Gasteiger partial charge in [-0.1, -0.05) is 87.9 Å². The van der Waals surface area contributed by atoms with Crippen LogP contribution in [0, 0.1) is 5.41 Å². The minimum absolute atomic E-state index is 0.109. The highest BCUT2D eigenvalue weighted by molar-refractivity contribution is 6.98. The fourth-order valence-corrected chi connectivity index (χ4v) is 8.59. The van der Waals surface area contributed by atoms with E-state index in [1.165, 1.54) is 0 Å². The van der Waals surface area contributed by atoms with E-state index in [0.29, 0.717) is 19.8 Å². The maximum Gasteiger partial charge on any atom is 0.258 e. The average molecular weight is 485 g/mol. The lowest BCUT2D eigenvalue weighted by Crippen LogP contribution is -2.65. The van der Waals surface area contributed by atoms with Crippen molar-refractivity contribution in [1.82, 2.24) is 0 Å². The summed E-state index contributed by atoms with van der Waals surface area (Å²) in [5, 5.41) is 1.82. The molecule has 0 radical (unpaired) electrons. The van der Waals surface area contributed by atoms with Gasteiger partial charge in [0.05, 0.1) is 13.2 Å². The lowest BCUT2D eigenvalue weighted by atomic mass is 9.79. The Bertz CT molecular complexity index is 817. The number of ether oxygens (including phenoxy) is 3. The molecule has 0 aromatic heterocycles. The normalized spacial score (nSPS) is 18.1. The molecule has 0 amide bonds. The van der Waals surface area contributed by atoms with Gasteiger partial charge in [-0.3, -0.25) is 0 Å². The maximum absolute atomic E-state index is 12.5. The smallest absolute Gasteiger partial charge is 0.258 e. The van der Waals surface area contributed by atoms with Crippen LogP contribution in [0.1, 0.15) is 66.7 Å². The van der Waals surface area contributed by atoms with Gasteiger partial charge in [0, 0.05) is 18.6 Å². The number of benzene rings is 2. The van der Waals surface area contributed by atoms with E-state index in [9.17, 15) is 4.80 Å². The minimum atomic E-state index is -3.04. The van der Waals surface area contributed by atoms with Crippen LogP contribution in [-0.4, -0.2) is 45.3 Å². The van der Waals surface area contributed by atoms with E-state index in [2.05, 4.69) is 45.0 Å². The van der Waals surface area contributed by atoms with Crippen LogP contribution < -0.4 is 10.4 Å². The molecule has 1 heterocycles. The molecule has 2 aromatic carbocycles. The van der Waals surface area contributed by atoms with E-state index >= 15 is 0 Å². The van der Waals surface area contributed by atoms with E-state index in [4.69, 9.17) is 14.2 Å². The molecule has 0 spiro atoms. The molecule has 1 saturated heterocycles. The Morgan fingerprint density at radius 2 is 1.41 bits per heavy atom. The van der Waals surface area contributed by atoms with Gasteiger partial charge < -0.3 is 19.0 Å². The Morgan fingerprint density at radius 3 is 1.91 bits per heavy atom. The summed E-state index contributed by atoms with van der Waals surface area (Å²) in [4.78, 5) is 12.5. The van der Waals surface area contributed by atoms with Crippen molar-refractivity contribution in [2.75, 3.05) is 26.4 Å². The summed E-state index contributed by atoms with van der Waals surface area (Å²) in [6, 6.07) is 20.5. The molecule has 1 aliphatic rings. The minimum Gasteiger partial charge on any atom is -0.424 e. The molecule has 2 aromatic rings. The Balaban J connectivity index is 1.83. The molecule has 0 aliphatic carbocycles. The summed E-state index contributed by atoms with van der Waals surface area (Å²) in [5.41, 5.74) is -0.109. The van der Waals surface area contributed by atoms with Crippen LogP contribution in [0.25, 0.3) is 0 Å². The van der Waals surface area contributed by atoms with E-state index < -0.39 is 14.1 Å². The van der Waals surface area contributed by atoms with Crippen LogP contribution in [0.3, 0.4) is 0 Å². The molecule has 1 aliphatic heterocycles. The topological polar surface area (TPSA) is 47.9 Å². The molecule has 0 unspecified atom stereocenters. The van der Waals surface area contributed by atoms with Crippen molar-refractivity contribution in [2.45, 2.75) is 77.5 Å². The molecule has 5 heteroatoms. The second-order valence-electron chi connectivity index (χ2n) is 11.0. The zero-order valence-electron chi connectivity index (χ0n) is 21.8. The molecule has 0 saturated carbocycles. The Hall–Kier alpha value is -1.50. The van der Waals surface area contributed by atoms with Gasteiger partial charge >= 0.3 is 0 Å². The zero-order valence-corrected chi connectivity index (χ0v) is 22.8. The summed E-state index contributed by atoms with van der Waals surface area (Å²) in [6.45, 7) is 13.4. The molecule has 4 nitrogen and oxygen atoms in total. The van der Waals surface area contributed by atoms with Gasteiger partial charge in [0.25, 0.3) is 8.32 Å². The number of hydrogen-bond acceptors (Lipinski definition) is 4. The largest absolute Gasteiger partial charge is 0.424 e. The van der Waals surface area contributed by atoms with Crippen molar-refractivity contribution >= 4 is 18.7 Å². The van der Waals surface area contributed by atoms with Gasteiger partial charge in [0.15, 0.2) is 5.79 Å². The van der Waals surface area contributed by atoms with Crippen molar-refractivity contribution in [3.8, 4) is 0 Å². The summed E-state index contributed by atoms with van der Waals surface area (Å²) in [5.74, 6) is -0.550. The van der Waals surface area contributed by atoms with Gasteiger partial charge in [0.2, 0.25) is 0 Å². The fourth-order valence-electron chi connectivity index (χ4n) is 4.85. The Morgan fingerprint density at radius 1 is 0.882 bits per heavy atom. The van der Waals surface area contributed by atoms with Gasteiger partial charge in [-0.05, 0) is 54.9 Å². The average Bonchev–Trinajstić information content (AvgIpc) is 2.85. The van der Waals surface area contributed by atoms with Gasteiger partial charge in [-0.2, -0.15) is 0 Å². The number of rotatable bonds is 12. The molecular weight excluding hydrogens is 440 g/mol. The third-order valence-corrected chi connectivity index (χ3v) is 12.1. The van der Waals surface area contributed by atoms with Crippen molar-refractivity contribution in [1.29, 1.82) is 0 Å². The quantitative estimate of drug-likeness (QED) is 0.329. The number of hydrogen-bond donors (Lipinski definition) is 1. The van der Waals surface area contributed by atoms with Crippen molar-refractivity contribution in [2.24, 2.45) is 5.41 Å². The van der Waals surface area contributed by atoms with Crippen molar-refractivity contribution in [3.05, 3.63) is 60.7 Å². The summed E-state index contributed by atoms with van der Waals surface area (Å²) >= 11 is 0. The first-order valence-corrected chi connectivity index (χ1v) is 14.8. The predicted octanol–water partition coefficient (Wildman–Crippen LogP) is 5.28. The second-order valence-corrected chi connectivity index (χ2v) is 14.9. The van der Waals surface area contributed by atoms with Crippen molar-refractivity contribution in [3.63, 3.8) is 0 Å². The first-order valence-electron chi connectivity index (χ1n) is 12.8. The first kappa shape index (κ1) is 27.1. The van der Waals surface area contributed by atoms with E-state index in [1.54, 1.807) is 0 Å². The van der Waals surface area contributed by atoms with Gasteiger partial charge in [0.1, 0.15) is 0 Å². The van der Waals surface area contributed by atoms with Crippen LogP contribution in [-0.2, 0) is 14.2 Å². The first-order chi connectivity index (χ1) is 16.1. The molecule has 188 valence electrons. The number of unbranched alkanes of at least 4 members (excludes halogenated alkanes) is 1. The second kappa shape index (κ2) is 11.5. The van der Waals surface area contributed by atoms with Gasteiger partial charge in [-0.15, -0.1) is 0 Å². The van der Waals surface area contributed by atoms with Crippen LogP contribution >= 0.6 is 0 Å². The molecule has 0 bridgehead atoms. The molecular formula is C29H44O4Si. The molecule has 0 atom stereocenters. The van der Waals surface area contributed by atoms with Crippen LogP contribution in [0.2, 0.25) is 5.04 Å². The monoisotopic (exact) mass is 484 g/mol. The molecule has 1 N–H and O–H groups in total. The van der Waals surface area contributed by atoms with Crippen LogP contribution in [0.15, 0.2) is 60.7 Å². The summed E-state index contributed by atoms with van der Waals surface area (Å²) in [7, 11) is -3.04. The predicted molar refractivity (Wildman–Crippen MR) is 142 cm³/mol. The highest BCUT2D eigenvalue weighted by Crippen LogP contribution is 2.45. The Labute approximate surface area is 207 Å². The van der Waals surface area contributed by atoms with E-state index in [-0.39, 0.29) is 10.5 Å². The van der Waals surface area contributed by atoms with E-state index in [0.717, 1.165) is 49.1 Å². The third kappa shape index (κ3) is 6.38. The van der Waals surface area contributed by atoms with E-state index in [1.807, 2.05) is 50.2 Å². The lowest BCUT2D eigenvalue weighted by molar-refractivity contribution is -0.289. The van der Waals surface area contributed by atoms with Crippen LogP contribution in [0.4, 0.5) is 0 Å². The molecule has 34 heavy (non-hydrogen) atoms. The van der Waals surface area contributed by atoms with Crippen molar-refractivity contribution < 1.29 is 19.0 Å². The Kier molecular flexibility index (Phi) is 9.15. The highest BCUT2D eigenvalue weighted by atomic mass is 28.4. The standard InChI is InChI=1S/C29H44O4Si/c1-6-7-21-31-22-20-29(23-32-28(4,5)33-24-29)19-18-27(2,3)34(30,25-14-10-8-11-15-25)26-16-12-9-13-17-26/h8-17,30H,6-7,18-24H2,1-5H3. The molecule has 1 fully saturated rings. The SMILES string of the molecule is CCCCOCCC1(CCC(C)(C)[Si](O)(c2ccccc2)c2ccccc2)COC(C)(C)OC1. The summed E-state index contributed by atoms with van der Waals surface area (Å²) in [6.07, 6.45) is 4.93. The lowest BCUT2D eigenvalue weighted by Gasteiger charge is -2.47.